The van der Waals surface area contributed by atoms with E-state index >= 15 is 0 Å². The number of nitrogens with one attached hydrogen (secondary N) is 2. The molecule has 0 saturated heterocycles. The number of hydrogen-bond donors (Lipinski definition) is 2. The zero-order chi connectivity index (χ0) is 18.3. The highest BCUT2D eigenvalue weighted by Crippen LogP contribution is 2.38. The molecule has 0 fully saturated rings. The van der Waals surface area contributed by atoms with E-state index in [1.165, 1.54) is 4.90 Å². The molecular weight excluding hydrogens is 358 g/mol. The number of amides is 2. The maximum absolute atomic E-state index is 12.5. The fourth-order valence-corrected chi connectivity index (χ4v) is 3.01. The lowest BCUT2D eigenvalue weighted by Crippen LogP contribution is -2.43. The van der Waals surface area contributed by atoms with Gasteiger partial charge in [0.1, 0.15) is 6.54 Å². The number of carbonyl (C=O) groups excluding carboxylic acids is 2. The van der Waals surface area contributed by atoms with Crippen molar-refractivity contribution in [3.05, 3.63) is 41.0 Å². The molecule has 8 nitrogen and oxygen atoms in total. The molecular formula is C17H14ClN5O3. The largest absolute Gasteiger partial charge is 0.480 e. The van der Waals surface area contributed by atoms with Crippen molar-refractivity contribution in [3.63, 3.8) is 0 Å². The van der Waals surface area contributed by atoms with Crippen LogP contribution in [-0.4, -0.2) is 40.1 Å². The van der Waals surface area contributed by atoms with E-state index in [0.717, 1.165) is 5.69 Å². The highest BCUT2D eigenvalue weighted by molar-refractivity contribution is 6.32. The number of rotatable bonds is 3. The molecule has 0 atom stereocenters. The number of aryl methyl sites for hydroxylation is 1. The van der Waals surface area contributed by atoms with Crippen molar-refractivity contribution in [2.24, 2.45) is 0 Å². The fourth-order valence-electron chi connectivity index (χ4n) is 2.79. The maximum atomic E-state index is 12.5. The Labute approximate surface area is 153 Å². The van der Waals surface area contributed by atoms with Crippen molar-refractivity contribution in [2.45, 2.75) is 6.92 Å². The molecule has 9 heteroatoms. The van der Waals surface area contributed by atoms with Crippen LogP contribution in [0.3, 0.4) is 0 Å². The lowest BCUT2D eigenvalue weighted by molar-refractivity contribution is -0.123. The predicted molar refractivity (Wildman–Crippen MR) is 96.6 cm³/mol. The summed E-state index contributed by atoms with van der Waals surface area (Å²) in [6, 6.07) is 8.70. The first kappa shape index (κ1) is 16.3. The first-order chi connectivity index (χ1) is 12.5. The van der Waals surface area contributed by atoms with Gasteiger partial charge in [-0.15, -0.1) is 0 Å². The quantitative estimate of drug-likeness (QED) is 0.735. The minimum atomic E-state index is -0.389. The van der Waals surface area contributed by atoms with Gasteiger partial charge in [-0.3, -0.25) is 19.6 Å². The average molecular weight is 372 g/mol. The summed E-state index contributed by atoms with van der Waals surface area (Å²) in [5.74, 6) is 0.0511. The second-order valence-corrected chi connectivity index (χ2v) is 6.23. The smallest absolute Gasteiger partial charge is 0.265 e. The van der Waals surface area contributed by atoms with Gasteiger partial charge in [0.25, 0.3) is 5.91 Å². The van der Waals surface area contributed by atoms with Crippen molar-refractivity contribution < 1.29 is 14.3 Å². The summed E-state index contributed by atoms with van der Waals surface area (Å²) < 4.78 is 5.37. The number of para-hydroxylation sites is 1. The minimum absolute atomic E-state index is 0.168. The maximum Gasteiger partial charge on any atom is 0.265 e. The zero-order valence-corrected chi connectivity index (χ0v) is 14.5. The summed E-state index contributed by atoms with van der Waals surface area (Å²) in [5, 5.41) is 10.6. The second-order valence-electron chi connectivity index (χ2n) is 5.83. The molecule has 1 aliphatic heterocycles. The Morgan fingerprint density at radius 1 is 1.38 bits per heavy atom. The predicted octanol–water partition coefficient (Wildman–Crippen LogP) is 2.28. The molecule has 0 spiro atoms. The van der Waals surface area contributed by atoms with Gasteiger partial charge >= 0.3 is 0 Å². The van der Waals surface area contributed by atoms with E-state index in [9.17, 15) is 9.59 Å². The van der Waals surface area contributed by atoms with E-state index < -0.39 is 0 Å². The highest BCUT2D eigenvalue weighted by Gasteiger charge is 2.29. The number of benzene rings is 1. The molecule has 2 N–H and O–H groups in total. The van der Waals surface area contributed by atoms with E-state index in [-0.39, 0.29) is 25.0 Å². The number of nitrogens with zero attached hydrogens (tertiary/aromatic N) is 3. The molecule has 132 valence electrons. The molecule has 0 bridgehead atoms. The number of fused-ring (bicyclic) bond motifs is 2. The molecule has 4 rings (SSSR count). The number of aromatic amines is 1. The van der Waals surface area contributed by atoms with Crippen LogP contribution in [0.2, 0.25) is 5.02 Å². The number of carbonyl (C=O) groups is 2. The molecule has 1 aromatic carbocycles. The van der Waals surface area contributed by atoms with Gasteiger partial charge in [-0.1, -0.05) is 17.7 Å². The fraction of sp³-hybridized carbons (Fsp3) is 0.176. The van der Waals surface area contributed by atoms with Crippen molar-refractivity contribution in [3.8, 4) is 5.75 Å². The first-order valence-electron chi connectivity index (χ1n) is 7.86. The number of aromatic nitrogens is 3. The number of pyridine rings is 1. The number of hydrogen-bond acceptors (Lipinski definition) is 5. The van der Waals surface area contributed by atoms with E-state index in [2.05, 4.69) is 20.5 Å². The van der Waals surface area contributed by atoms with Crippen molar-refractivity contribution >= 4 is 46.0 Å². The lowest BCUT2D eigenvalue weighted by atomic mass is 10.2. The van der Waals surface area contributed by atoms with Crippen molar-refractivity contribution in [2.75, 3.05) is 23.4 Å². The van der Waals surface area contributed by atoms with E-state index in [4.69, 9.17) is 16.3 Å². The molecule has 0 radical (unpaired) electrons. The molecule has 3 heterocycles. The topological polar surface area (TPSA) is 100 Å². The van der Waals surface area contributed by atoms with Crippen LogP contribution < -0.4 is 15.0 Å². The van der Waals surface area contributed by atoms with Gasteiger partial charge in [-0.25, -0.2) is 4.98 Å². The van der Waals surface area contributed by atoms with Crippen LogP contribution in [0.25, 0.3) is 11.0 Å². The second kappa shape index (κ2) is 6.30. The van der Waals surface area contributed by atoms with E-state index in [1.54, 1.807) is 18.2 Å². The normalized spacial score (nSPS) is 13.5. The summed E-state index contributed by atoms with van der Waals surface area (Å²) in [7, 11) is 0. The molecule has 0 unspecified atom stereocenters. The number of ether oxygens (including phenoxy) is 1. The van der Waals surface area contributed by atoms with Gasteiger partial charge in [-0.05, 0) is 31.2 Å². The van der Waals surface area contributed by atoms with Gasteiger partial charge in [0.2, 0.25) is 5.91 Å². The number of halogens is 1. The summed E-state index contributed by atoms with van der Waals surface area (Å²) in [6.45, 7) is 1.52. The summed E-state index contributed by atoms with van der Waals surface area (Å²) >= 11 is 6.10. The third kappa shape index (κ3) is 2.84. The standard InChI is InChI=1S/C17H14ClN5O3/c1-9-5-6-10-16(19-9)21-22-17(10)20-13(24)7-23-12-4-2-3-11(18)15(12)26-8-14(23)25/h2-6H,7-8H2,1H3,(H2,19,20,21,22,24). The van der Waals surface area contributed by atoms with Crippen molar-refractivity contribution in [1.29, 1.82) is 0 Å². The van der Waals surface area contributed by atoms with Crippen LogP contribution in [0, 0.1) is 6.92 Å². The van der Waals surface area contributed by atoms with Crippen LogP contribution in [-0.2, 0) is 9.59 Å². The van der Waals surface area contributed by atoms with E-state index in [0.29, 0.717) is 33.3 Å². The highest BCUT2D eigenvalue weighted by atomic mass is 35.5. The Morgan fingerprint density at radius 2 is 2.23 bits per heavy atom. The molecule has 2 aromatic heterocycles. The average Bonchev–Trinajstić information content (AvgIpc) is 2.99. The summed E-state index contributed by atoms with van der Waals surface area (Å²) in [4.78, 5) is 30.3. The summed E-state index contributed by atoms with van der Waals surface area (Å²) in [6.07, 6.45) is 0. The van der Waals surface area contributed by atoms with Gasteiger partial charge in [0, 0.05) is 5.69 Å². The van der Waals surface area contributed by atoms with Crippen LogP contribution in [0.1, 0.15) is 5.69 Å². The van der Waals surface area contributed by atoms with Gasteiger partial charge in [0.05, 0.1) is 16.1 Å². The Hall–Kier alpha value is -3.13. The molecule has 3 aromatic rings. The first-order valence-corrected chi connectivity index (χ1v) is 8.24. The molecule has 1 aliphatic rings. The number of anilines is 2. The Morgan fingerprint density at radius 3 is 3.08 bits per heavy atom. The minimum Gasteiger partial charge on any atom is -0.480 e. The molecule has 26 heavy (non-hydrogen) atoms. The summed E-state index contributed by atoms with van der Waals surface area (Å²) in [5.41, 5.74) is 1.89. The van der Waals surface area contributed by atoms with Crippen LogP contribution >= 0.6 is 11.6 Å². The van der Waals surface area contributed by atoms with Gasteiger partial charge in [0.15, 0.2) is 23.8 Å². The lowest BCUT2D eigenvalue weighted by Gasteiger charge is -2.29. The Bertz CT molecular complexity index is 1030. The van der Waals surface area contributed by atoms with Crippen molar-refractivity contribution in [1.82, 2.24) is 15.2 Å². The van der Waals surface area contributed by atoms with Crippen LogP contribution in [0.5, 0.6) is 5.75 Å². The van der Waals surface area contributed by atoms with Gasteiger partial charge in [-0.2, -0.15) is 5.10 Å². The SMILES string of the molecule is Cc1ccc2c(NC(=O)CN3C(=O)COc4c(Cl)cccc43)n[nH]c2n1. The number of H-pyrrole nitrogens is 1. The van der Waals surface area contributed by atoms with Crippen LogP contribution in [0.15, 0.2) is 30.3 Å². The van der Waals surface area contributed by atoms with Crippen LogP contribution in [0.4, 0.5) is 11.5 Å². The third-order valence-electron chi connectivity index (χ3n) is 4.00. The third-order valence-corrected chi connectivity index (χ3v) is 4.30. The monoisotopic (exact) mass is 371 g/mol. The van der Waals surface area contributed by atoms with Gasteiger partial charge < -0.3 is 10.1 Å². The molecule has 0 aliphatic carbocycles. The molecule has 0 saturated carbocycles. The Balaban J connectivity index is 1.56. The zero-order valence-electron chi connectivity index (χ0n) is 13.7. The Kier molecular flexibility index (Phi) is 3.96. The van der Waals surface area contributed by atoms with E-state index in [1.807, 2.05) is 19.1 Å². The molecule has 2 amide bonds.